The number of benzene rings is 3. The molecule has 0 saturated carbocycles. The minimum atomic E-state index is -3.78. The number of amides is 1. The third kappa shape index (κ3) is 5.59. The second-order valence-corrected chi connectivity index (χ2v) is 9.00. The van der Waals surface area contributed by atoms with Crippen LogP contribution in [0.5, 0.6) is 11.5 Å². The number of nitrogens with one attached hydrogen (secondary N) is 1. The summed E-state index contributed by atoms with van der Waals surface area (Å²) in [6, 6.07) is 18.3. The molecule has 0 aromatic heterocycles. The molecule has 0 aliphatic carbocycles. The van der Waals surface area contributed by atoms with Crippen LogP contribution in [-0.4, -0.2) is 35.1 Å². The summed E-state index contributed by atoms with van der Waals surface area (Å²) >= 11 is 0. The number of hydrogen-bond donors (Lipinski definition) is 1. The van der Waals surface area contributed by atoms with E-state index in [2.05, 4.69) is 4.72 Å². The molecule has 0 atom stereocenters. The van der Waals surface area contributed by atoms with E-state index < -0.39 is 10.0 Å². The van der Waals surface area contributed by atoms with Crippen molar-refractivity contribution in [2.75, 3.05) is 30.4 Å². The highest BCUT2D eigenvalue weighted by atomic mass is 32.2. The number of anilines is 2. The molecule has 168 valence electrons. The van der Waals surface area contributed by atoms with Crippen LogP contribution in [0.1, 0.15) is 11.1 Å². The van der Waals surface area contributed by atoms with Gasteiger partial charge < -0.3 is 14.4 Å². The summed E-state index contributed by atoms with van der Waals surface area (Å²) in [6.45, 7) is 3.84. The lowest BCUT2D eigenvalue weighted by Crippen LogP contribution is -2.31. The van der Waals surface area contributed by atoms with Crippen LogP contribution in [0.15, 0.2) is 71.6 Å². The van der Waals surface area contributed by atoms with Crippen LogP contribution in [-0.2, 0) is 14.8 Å². The smallest absolute Gasteiger partial charge is 0.264 e. The Bertz CT molecular complexity index is 1210. The highest BCUT2D eigenvalue weighted by Gasteiger charge is 2.16. The maximum absolute atomic E-state index is 12.6. The molecule has 0 heterocycles. The Morgan fingerprint density at radius 1 is 0.938 bits per heavy atom. The summed E-state index contributed by atoms with van der Waals surface area (Å²) in [7, 11) is -0.579. The molecule has 0 radical (unpaired) electrons. The van der Waals surface area contributed by atoms with Crippen molar-refractivity contribution in [2.45, 2.75) is 18.7 Å². The number of nitrogens with zero attached hydrogens (tertiary/aromatic N) is 1. The van der Waals surface area contributed by atoms with Gasteiger partial charge in [0.2, 0.25) is 0 Å². The number of carbonyl (C=O) groups is 1. The maximum atomic E-state index is 12.6. The van der Waals surface area contributed by atoms with Gasteiger partial charge in [0, 0.05) is 18.8 Å². The number of rotatable bonds is 8. The molecular weight excluding hydrogens is 428 g/mol. The first kappa shape index (κ1) is 23.1. The fraction of sp³-hybridized carbons (Fsp3) is 0.208. The predicted octanol–water partition coefficient (Wildman–Crippen LogP) is 4.15. The normalized spacial score (nSPS) is 11.0. The summed E-state index contributed by atoms with van der Waals surface area (Å²) < 4.78 is 38.4. The van der Waals surface area contributed by atoms with Crippen LogP contribution in [0.25, 0.3) is 0 Å². The van der Waals surface area contributed by atoms with Crippen LogP contribution in [0.3, 0.4) is 0 Å². The third-order valence-electron chi connectivity index (χ3n) is 5.07. The quantitative estimate of drug-likeness (QED) is 0.553. The number of ether oxygens (including phenoxy) is 2. The lowest BCUT2D eigenvalue weighted by molar-refractivity contribution is -0.120. The second kappa shape index (κ2) is 9.74. The summed E-state index contributed by atoms with van der Waals surface area (Å²) in [4.78, 5) is 14.1. The predicted molar refractivity (Wildman–Crippen MR) is 125 cm³/mol. The van der Waals surface area contributed by atoms with Gasteiger partial charge in [0.05, 0.1) is 17.7 Å². The molecule has 0 aliphatic rings. The van der Waals surface area contributed by atoms with Crippen LogP contribution >= 0.6 is 0 Å². The van der Waals surface area contributed by atoms with Crippen molar-refractivity contribution in [1.82, 2.24) is 0 Å². The molecule has 0 bridgehead atoms. The van der Waals surface area contributed by atoms with Crippen molar-refractivity contribution < 1.29 is 22.7 Å². The Kier molecular flexibility index (Phi) is 7.05. The topological polar surface area (TPSA) is 84.9 Å². The average Bonchev–Trinajstić information content (AvgIpc) is 2.79. The molecule has 0 unspecified atom stereocenters. The molecule has 1 N–H and O–H groups in total. The van der Waals surface area contributed by atoms with Crippen LogP contribution < -0.4 is 19.1 Å². The van der Waals surface area contributed by atoms with Gasteiger partial charge in [-0.2, -0.15) is 0 Å². The number of sulfonamides is 1. The Balaban J connectivity index is 1.62. The summed E-state index contributed by atoms with van der Waals surface area (Å²) in [5, 5.41) is 0. The van der Waals surface area contributed by atoms with Crippen molar-refractivity contribution in [3.05, 3.63) is 77.9 Å². The lowest BCUT2D eigenvalue weighted by Gasteiger charge is -2.19. The van der Waals surface area contributed by atoms with Gasteiger partial charge in [0.25, 0.3) is 15.9 Å². The third-order valence-corrected chi connectivity index (χ3v) is 6.47. The molecule has 3 aromatic rings. The van der Waals surface area contributed by atoms with Gasteiger partial charge in [-0.15, -0.1) is 0 Å². The van der Waals surface area contributed by atoms with Crippen molar-refractivity contribution in [1.29, 1.82) is 0 Å². The molecule has 0 aliphatic heterocycles. The zero-order valence-corrected chi connectivity index (χ0v) is 19.3. The molecule has 7 nitrogen and oxygen atoms in total. The van der Waals surface area contributed by atoms with E-state index in [1.54, 1.807) is 31.3 Å². The van der Waals surface area contributed by atoms with Gasteiger partial charge in [0.15, 0.2) is 6.61 Å². The Hall–Kier alpha value is -3.52. The average molecular weight is 455 g/mol. The molecule has 0 spiro atoms. The molecule has 0 saturated heterocycles. The van der Waals surface area contributed by atoms with Gasteiger partial charge in [-0.1, -0.05) is 12.1 Å². The highest BCUT2D eigenvalue weighted by molar-refractivity contribution is 7.92. The molecule has 32 heavy (non-hydrogen) atoms. The Labute approximate surface area is 188 Å². The minimum absolute atomic E-state index is 0.0752. The van der Waals surface area contributed by atoms with E-state index in [9.17, 15) is 13.2 Å². The highest BCUT2D eigenvalue weighted by Crippen LogP contribution is 2.22. The molecule has 3 aromatic carbocycles. The molecular formula is C24H26N2O5S. The SMILES string of the molecule is COc1cccc(NS(=O)(=O)c2ccc(OCC(=O)N(C)c3ccc(C)c(C)c3)cc2)c1. The van der Waals surface area contributed by atoms with Gasteiger partial charge in [-0.25, -0.2) is 8.42 Å². The van der Waals surface area contributed by atoms with Crippen molar-refractivity contribution in [2.24, 2.45) is 0 Å². The first-order chi connectivity index (χ1) is 15.2. The fourth-order valence-electron chi connectivity index (χ4n) is 2.94. The van der Waals surface area contributed by atoms with Crippen LogP contribution in [0.2, 0.25) is 0 Å². The summed E-state index contributed by atoms with van der Waals surface area (Å²) in [5.74, 6) is 0.723. The summed E-state index contributed by atoms with van der Waals surface area (Å²) in [5.41, 5.74) is 3.43. The molecule has 0 fully saturated rings. The number of hydrogen-bond acceptors (Lipinski definition) is 5. The number of carbonyl (C=O) groups excluding carboxylic acids is 1. The van der Waals surface area contributed by atoms with Crippen molar-refractivity contribution in [3.8, 4) is 11.5 Å². The van der Waals surface area contributed by atoms with E-state index in [-0.39, 0.29) is 17.4 Å². The van der Waals surface area contributed by atoms with E-state index in [1.807, 2.05) is 32.0 Å². The number of methoxy groups -OCH3 is 1. The zero-order valence-electron chi connectivity index (χ0n) is 18.5. The molecule has 3 rings (SSSR count). The van der Waals surface area contributed by atoms with Gasteiger partial charge in [-0.05, 0) is 73.5 Å². The van der Waals surface area contributed by atoms with E-state index >= 15 is 0 Å². The number of aryl methyl sites for hydroxylation is 2. The molecule has 8 heteroatoms. The molecule has 1 amide bonds. The van der Waals surface area contributed by atoms with E-state index in [1.165, 1.54) is 36.3 Å². The minimum Gasteiger partial charge on any atom is -0.497 e. The van der Waals surface area contributed by atoms with Gasteiger partial charge in [-0.3, -0.25) is 9.52 Å². The maximum Gasteiger partial charge on any atom is 0.264 e. The number of likely N-dealkylation sites (N-methyl/N-ethyl adjacent to an activating group) is 1. The van der Waals surface area contributed by atoms with Crippen molar-refractivity contribution in [3.63, 3.8) is 0 Å². The fourth-order valence-corrected chi connectivity index (χ4v) is 3.99. The van der Waals surface area contributed by atoms with Crippen LogP contribution in [0, 0.1) is 13.8 Å². The van der Waals surface area contributed by atoms with Gasteiger partial charge in [0.1, 0.15) is 11.5 Å². The first-order valence-corrected chi connectivity index (χ1v) is 11.4. The summed E-state index contributed by atoms with van der Waals surface area (Å²) in [6.07, 6.45) is 0. The van der Waals surface area contributed by atoms with E-state index in [4.69, 9.17) is 9.47 Å². The van der Waals surface area contributed by atoms with Gasteiger partial charge >= 0.3 is 0 Å². The monoisotopic (exact) mass is 454 g/mol. The van der Waals surface area contributed by atoms with E-state index in [0.717, 1.165) is 16.8 Å². The zero-order chi connectivity index (χ0) is 23.3. The second-order valence-electron chi connectivity index (χ2n) is 7.32. The first-order valence-electron chi connectivity index (χ1n) is 9.93. The van der Waals surface area contributed by atoms with Crippen LogP contribution in [0.4, 0.5) is 11.4 Å². The van der Waals surface area contributed by atoms with Crippen molar-refractivity contribution >= 4 is 27.3 Å². The lowest BCUT2D eigenvalue weighted by atomic mass is 10.1. The Morgan fingerprint density at radius 3 is 2.31 bits per heavy atom. The standard InChI is InChI=1S/C24H26N2O5S/c1-17-8-9-20(14-18(17)2)26(3)24(27)16-31-21-10-12-23(13-11-21)32(28,29)25-19-6-5-7-22(15-19)30-4/h5-15,25H,16H2,1-4H3. The largest absolute Gasteiger partial charge is 0.497 e. The Morgan fingerprint density at radius 2 is 1.66 bits per heavy atom. The van der Waals surface area contributed by atoms with E-state index in [0.29, 0.717) is 17.2 Å².